The fourth-order valence-corrected chi connectivity index (χ4v) is 5.74. The monoisotopic (exact) mass is 636 g/mol. The molecule has 37 heavy (non-hydrogen) atoms. The van der Waals surface area contributed by atoms with Crippen molar-refractivity contribution in [3.8, 4) is 0 Å². The van der Waals surface area contributed by atoms with Crippen LogP contribution in [0.3, 0.4) is 0 Å². The molecule has 1 saturated heterocycles. The van der Waals surface area contributed by atoms with Gasteiger partial charge in [0.15, 0.2) is 5.78 Å². The van der Waals surface area contributed by atoms with Crippen LogP contribution in [-0.2, 0) is 9.59 Å². The number of benzene rings is 2. The number of imide groups is 1. The Morgan fingerprint density at radius 1 is 0.892 bits per heavy atom. The maximum absolute atomic E-state index is 13.6. The number of halogens is 2. The Bertz CT molecular complexity index is 1290. The molecule has 2 aliphatic rings. The van der Waals surface area contributed by atoms with Crippen LogP contribution in [-0.4, -0.2) is 59.6 Å². The summed E-state index contributed by atoms with van der Waals surface area (Å²) in [5.41, 5.74) is -1.23. The van der Waals surface area contributed by atoms with Gasteiger partial charge >= 0.3 is 0 Å². The maximum atomic E-state index is 13.6. The van der Waals surface area contributed by atoms with Crippen molar-refractivity contribution in [1.29, 1.82) is 0 Å². The highest BCUT2D eigenvalue weighted by Gasteiger charge is 2.55. The lowest BCUT2D eigenvalue weighted by Gasteiger charge is -2.30. The SMILES string of the molecule is O=C(CN(C(=O)c1ccccc1[N+](=O)[O-])N1C(=O)[C@@H]2C[C@@H](Br)[C@@H](Br)C[C@H]2C1=O)c1ccc([N+](=O)[O-])cc1. The second kappa shape index (κ2) is 10.5. The number of alkyl halides is 2. The third-order valence-corrected chi connectivity index (χ3v) is 9.12. The van der Waals surface area contributed by atoms with Crippen molar-refractivity contribution in [2.75, 3.05) is 6.54 Å². The standard InChI is InChI=1S/C23H18Br2N4O8/c24-17-9-15-16(10-18(17)25)23(33)27(22(15)32)26(21(31)14-3-1-2-4-19(14)29(36)37)11-20(30)12-5-7-13(8-6-12)28(34)35/h1-8,15-18H,9-11H2/t15-,16-,17-,18+/m1/s1. The summed E-state index contributed by atoms with van der Waals surface area (Å²) in [6, 6.07) is 9.59. The predicted molar refractivity (Wildman–Crippen MR) is 135 cm³/mol. The van der Waals surface area contributed by atoms with Crippen molar-refractivity contribution < 1.29 is 29.0 Å². The number of hydrogen-bond donors (Lipinski definition) is 0. The molecule has 0 radical (unpaired) electrons. The Labute approximate surface area is 226 Å². The molecule has 0 spiro atoms. The number of hydrogen-bond acceptors (Lipinski definition) is 8. The zero-order valence-corrected chi connectivity index (χ0v) is 22.0. The fourth-order valence-electron chi connectivity index (χ4n) is 4.50. The van der Waals surface area contributed by atoms with Crippen molar-refractivity contribution >= 4 is 66.7 Å². The van der Waals surface area contributed by atoms with E-state index in [0.717, 1.165) is 18.2 Å². The molecule has 12 nitrogen and oxygen atoms in total. The number of carbonyl (C=O) groups is 4. The van der Waals surface area contributed by atoms with Gasteiger partial charge in [0.25, 0.3) is 29.1 Å². The van der Waals surface area contributed by atoms with E-state index in [-0.39, 0.29) is 20.9 Å². The summed E-state index contributed by atoms with van der Waals surface area (Å²) in [5, 5.41) is 23.8. The van der Waals surface area contributed by atoms with Crippen LogP contribution in [0.1, 0.15) is 33.6 Å². The van der Waals surface area contributed by atoms with Crippen LogP contribution >= 0.6 is 31.9 Å². The quantitative estimate of drug-likeness (QED) is 0.146. The van der Waals surface area contributed by atoms with Crippen molar-refractivity contribution in [3.63, 3.8) is 0 Å². The van der Waals surface area contributed by atoms with Gasteiger partial charge in [-0.15, -0.1) is 0 Å². The van der Waals surface area contributed by atoms with E-state index in [4.69, 9.17) is 0 Å². The highest BCUT2D eigenvalue weighted by Crippen LogP contribution is 2.44. The molecule has 3 amide bonds. The van der Waals surface area contributed by atoms with E-state index in [1.165, 1.54) is 30.3 Å². The second-order valence-corrected chi connectivity index (χ2v) is 10.9. The van der Waals surface area contributed by atoms with Crippen LogP contribution in [0, 0.1) is 32.1 Å². The number of ketones is 1. The number of para-hydroxylation sites is 1. The summed E-state index contributed by atoms with van der Waals surface area (Å²) >= 11 is 6.97. The number of amides is 3. The van der Waals surface area contributed by atoms with Gasteiger partial charge in [0.1, 0.15) is 12.1 Å². The largest absolute Gasteiger partial charge is 0.292 e. The lowest BCUT2D eigenvalue weighted by Crippen LogP contribution is -2.52. The van der Waals surface area contributed by atoms with Crippen molar-refractivity contribution in [1.82, 2.24) is 10.0 Å². The first kappa shape index (κ1) is 26.5. The Kier molecular flexibility index (Phi) is 7.50. The predicted octanol–water partition coefficient (Wildman–Crippen LogP) is 3.67. The minimum atomic E-state index is -1.08. The number of rotatable bonds is 7. The van der Waals surface area contributed by atoms with E-state index >= 15 is 0 Å². The zero-order chi connectivity index (χ0) is 27.0. The Balaban J connectivity index is 1.73. The first-order valence-corrected chi connectivity index (χ1v) is 12.8. The summed E-state index contributed by atoms with van der Waals surface area (Å²) in [4.78, 5) is 74.4. The lowest BCUT2D eigenvalue weighted by atomic mass is 9.81. The third-order valence-electron chi connectivity index (χ3n) is 6.39. The van der Waals surface area contributed by atoms with Crippen molar-refractivity contribution in [2.24, 2.45) is 11.8 Å². The maximum Gasteiger partial charge on any atom is 0.282 e. The van der Waals surface area contributed by atoms with E-state index in [0.29, 0.717) is 22.9 Å². The molecule has 2 fully saturated rings. The molecule has 2 aromatic rings. The van der Waals surface area contributed by atoms with Crippen LogP contribution < -0.4 is 0 Å². The number of Topliss-reactive ketones (excluding diaryl/α,β-unsaturated/α-hetero) is 1. The van der Waals surface area contributed by atoms with Crippen LogP contribution in [0.4, 0.5) is 11.4 Å². The molecule has 192 valence electrons. The molecular formula is C23H18Br2N4O8. The van der Waals surface area contributed by atoms with Crippen LogP contribution in [0.25, 0.3) is 0 Å². The minimum Gasteiger partial charge on any atom is -0.292 e. The number of nitro groups is 2. The molecule has 1 heterocycles. The first-order chi connectivity index (χ1) is 17.5. The second-order valence-electron chi connectivity index (χ2n) is 8.57. The molecule has 1 aliphatic carbocycles. The number of hydrazine groups is 1. The van der Waals surface area contributed by atoms with E-state index in [1.807, 2.05) is 0 Å². The number of carbonyl (C=O) groups excluding carboxylic acids is 4. The molecule has 0 bridgehead atoms. The molecule has 0 unspecified atom stereocenters. The average molecular weight is 638 g/mol. The molecule has 1 saturated carbocycles. The van der Waals surface area contributed by atoms with E-state index in [2.05, 4.69) is 31.9 Å². The summed E-state index contributed by atoms with van der Waals surface area (Å²) in [5.74, 6) is -4.63. The van der Waals surface area contributed by atoms with E-state index < -0.39 is 63.0 Å². The minimum absolute atomic E-state index is 0.0106. The number of fused-ring (bicyclic) bond motifs is 1. The van der Waals surface area contributed by atoms with Gasteiger partial charge in [-0.1, -0.05) is 44.0 Å². The van der Waals surface area contributed by atoms with Gasteiger partial charge in [0.05, 0.1) is 21.7 Å². The lowest BCUT2D eigenvalue weighted by molar-refractivity contribution is -0.385. The molecule has 0 N–H and O–H groups in total. The normalized spacial score (nSPS) is 22.9. The van der Waals surface area contributed by atoms with Gasteiger partial charge in [-0.3, -0.25) is 39.4 Å². The summed E-state index contributed by atoms with van der Waals surface area (Å²) in [6.07, 6.45) is 0.622. The van der Waals surface area contributed by atoms with Gasteiger partial charge in [-0.2, -0.15) is 5.01 Å². The molecule has 1 aliphatic heterocycles. The number of nitrogens with zero attached hydrogens (tertiary/aromatic N) is 4. The summed E-state index contributed by atoms with van der Waals surface area (Å²) in [7, 11) is 0. The number of non-ortho nitro benzene ring substituents is 1. The van der Waals surface area contributed by atoms with Crippen LogP contribution in [0.15, 0.2) is 48.5 Å². The average Bonchev–Trinajstić information content (AvgIpc) is 3.11. The highest BCUT2D eigenvalue weighted by atomic mass is 79.9. The van der Waals surface area contributed by atoms with Gasteiger partial charge in [-0.05, 0) is 31.0 Å². The summed E-state index contributed by atoms with van der Waals surface area (Å²) in [6.45, 7) is -0.797. The van der Waals surface area contributed by atoms with Gasteiger partial charge in [0.2, 0.25) is 0 Å². The first-order valence-electron chi connectivity index (χ1n) is 11.0. The Hall–Kier alpha value is -3.52. The molecule has 4 rings (SSSR count). The van der Waals surface area contributed by atoms with Crippen molar-refractivity contribution in [2.45, 2.75) is 22.5 Å². The fraction of sp³-hybridized carbons (Fsp3) is 0.304. The van der Waals surface area contributed by atoms with E-state index in [1.54, 1.807) is 0 Å². The van der Waals surface area contributed by atoms with Crippen LogP contribution in [0.5, 0.6) is 0 Å². The summed E-state index contributed by atoms with van der Waals surface area (Å²) < 4.78 is 0. The topological polar surface area (TPSA) is 161 Å². The highest BCUT2D eigenvalue weighted by molar-refractivity contribution is 9.12. The molecule has 14 heteroatoms. The smallest absolute Gasteiger partial charge is 0.282 e. The molecule has 2 aromatic carbocycles. The molecule has 4 atom stereocenters. The van der Waals surface area contributed by atoms with Crippen LogP contribution in [0.2, 0.25) is 0 Å². The Morgan fingerprint density at radius 2 is 1.43 bits per heavy atom. The van der Waals surface area contributed by atoms with Gasteiger partial charge in [0, 0.05) is 33.4 Å². The number of nitro benzene ring substituents is 2. The third kappa shape index (κ3) is 5.03. The van der Waals surface area contributed by atoms with Gasteiger partial charge < -0.3 is 0 Å². The Morgan fingerprint density at radius 3 is 1.95 bits per heavy atom. The van der Waals surface area contributed by atoms with Gasteiger partial charge in [-0.25, -0.2) is 5.01 Å². The zero-order valence-electron chi connectivity index (χ0n) is 18.9. The van der Waals surface area contributed by atoms with Crippen molar-refractivity contribution in [3.05, 3.63) is 79.9 Å². The molecular weight excluding hydrogens is 620 g/mol. The molecule has 0 aromatic heterocycles. The van der Waals surface area contributed by atoms with E-state index in [9.17, 15) is 39.4 Å².